The first-order valence-electron chi connectivity index (χ1n) is 10.8. The quantitative estimate of drug-likeness (QED) is 0.487. The van der Waals surface area contributed by atoms with Gasteiger partial charge >= 0.3 is 0 Å². The summed E-state index contributed by atoms with van der Waals surface area (Å²) in [5, 5.41) is 3.86. The van der Waals surface area contributed by atoms with E-state index >= 15 is 0 Å². The first-order chi connectivity index (χ1) is 16.1. The Morgan fingerprint density at radius 1 is 1.03 bits per heavy atom. The molecule has 4 heterocycles. The summed E-state index contributed by atoms with van der Waals surface area (Å²) in [6.07, 6.45) is 3.38. The maximum Gasteiger partial charge on any atom is 0.261 e. The molecule has 33 heavy (non-hydrogen) atoms. The fourth-order valence-corrected chi connectivity index (χ4v) is 5.12. The van der Waals surface area contributed by atoms with Crippen LogP contribution in [0.25, 0.3) is 10.2 Å². The third-order valence-electron chi connectivity index (χ3n) is 5.83. The van der Waals surface area contributed by atoms with Crippen LogP contribution < -0.4 is 15.1 Å². The summed E-state index contributed by atoms with van der Waals surface area (Å²) in [4.78, 5) is 32.3. The summed E-state index contributed by atoms with van der Waals surface area (Å²) >= 11 is 1.37. The second-order valence-electron chi connectivity index (χ2n) is 7.90. The lowest BCUT2D eigenvalue weighted by Gasteiger charge is -2.36. The second-order valence-corrected chi connectivity index (χ2v) is 8.90. The van der Waals surface area contributed by atoms with Crippen LogP contribution in [0.2, 0.25) is 0 Å². The van der Waals surface area contributed by atoms with E-state index in [1.807, 2.05) is 31.3 Å². The van der Waals surface area contributed by atoms with E-state index in [4.69, 9.17) is 0 Å². The zero-order valence-corrected chi connectivity index (χ0v) is 19.0. The van der Waals surface area contributed by atoms with Crippen LogP contribution >= 0.6 is 11.3 Å². The summed E-state index contributed by atoms with van der Waals surface area (Å²) in [5.74, 6) is 1.40. The topological polar surface area (TPSA) is 74.2 Å². The molecular formula is C24H23FN6OS. The van der Waals surface area contributed by atoms with Gasteiger partial charge in [-0.15, -0.1) is 11.3 Å². The number of piperazine rings is 1. The van der Waals surface area contributed by atoms with Crippen molar-refractivity contribution in [3.63, 3.8) is 0 Å². The van der Waals surface area contributed by atoms with Crippen molar-refractivity contribution >= 4 is 39.1 Å². The van der Waals surface area contributed by atoms with Gasteiger partial charge in [-0.1, -0.05) is 18.2 Å². The van der Waals surface area contributed by atoms with Gasteiger partial charge in [0.2, 0.25) is 0 Å². The van der Waals surface area contributed by atoms with Crippen LogP contribution in [0.3, 0.4) is 0 Å². The average molecular weight is 463 g/mol. The number of hydrogen-bond acceptors (Lipinski definition) is 7. The van der Waals surface area contributed by atoms with Gasteiger partial charge in [0.1, 0.15) is 28.6 Å². The zero-order chi connectivity index (χ0) is 22.8. The van der Waals surface area contributed by atoms with E-state index < -0.39 is 0 Å². The largest absolute Gasteiger partial charge is 0.353 e. The average Bonchev–Trinajstić information content (AvgIpc) is 3.21. The number of rotatable bonds is 5. The molecule has 7 nitrogen and oxygen atoms in total. The number of benzene rings is 1. The van der Waals surface area contributed by atoms with Gasteiger partial charge in [-0.05, 0) is 42.3 Å². The lowest BCUT2D eigenvalue weighted by Crippen LogP contribution is -2.47. The summed E-state index contributed by atoms with van der Waals surface area (Å²) in [7, 11) is 0. The number of aryl methyl sites for hydroxylation is 1. The molecule has 0 aliphatic carbocycles. The van der Waals surface area contributed by atoms with Crippen LogP contribution in [0, 0.1) is 12.7 Å². The van der Waals surface area contributed by atoms with Gasteiger partial charge < -0.3 is 15.1 Å². The van der Waals surface area contributed by atoms with E-state index in [1.54, 1.807) is 18.5 Å². The second kappa shape index (κ2) is 9.11. The number of hydrogen-bond donors (Lipinski definition) is 1. The number of aromatic nitrogens is 3. The molecule has 0 spiro atoms. The van der Waals surface area contributed by atoms with Crippen LogP contribution in [0.15, 0.2) is 55.0 Å². The number of fused-ring (bicyclic) bond motifs is 1. The van der Waals surface area contributed by atoms with E-state index in [2.05, 4.69) is 30.1 Å². The Morgan fingerprint density at radius 2 is 1.79 bits per heavy atom. The molecule has 1 N–H and O–H groups in total. The van der Waals surface area contributed by atoms with Gasteiger partial charge in [0.05, 0.1) is 10.3 Å². The van der Waals surface area contributed by atoms with Gasteiger partial charge in [-0.2, -0.15) is 0 Å². The number of nitrogens with zero attached hydrogens (tertiary/aromatic N) is 5. The molecule has 1 aromatic carbocycles. The fraction of sp³-hybridized carbons (Fsp3) is 0.250. The number of anilines is 2. The molecule has 1 saturated heterocycles. The van der Waals surface area contributed by atoms with Crippen molar-refractivity contribution in [1.82, 2.24) is 20.3 Å². The summed E-state index contributed by atoms with van der Waals surface area (Å²) in [6, 6.07) is 12.1. The van der Waals surface area contributed by atoms with E-state index in [1.165, 1.54) is 23.5 Å². The first-order valence-corrected chi connectivity index (χ1v) is 11.6. The molecule has 0 radical (unpaired) electrons. The van der Waals surface area contributed by atoms with Gasteiger partial charge in [0.25, 0.3) is 5.91 Å². The molecular weight excluding hydrogens is 439 g/mol. The van der Waals surface area contributed by atoms with Crippen molar-refractivity contribution in [2.45, 2.75) is 13.5 Å². The van der Waals surface area contributed by atoms with Crippen LogP contribution in [-0.2, 0) is 6.54 Å². The SMILES string of the molecule is Cc1c(C(=O)NCc2ccc(F)cc2)sc2ncnc(N3CCN(c4ccccn4)CC3)c12. The van der Waals surface area contributed by atoms with Gasteiger partial charge in [0, 0.05) is 38.9 Å². The molecule has 1 amide bonds. The summed E-state index contributed by atoms with van der Waals surface area (Å²) < 4.78 is 13.1. The molecule has 9 heteroatoms. The maximum atomic E-state index is 13.1. The van der Waals surface area contributed by atoms with Crippen molar-refractivity contribution in [3.05, 3.63) is 76.8 Å². The summed E-state index contributed by atoms with van der Waals surface area (Å²) in [6.45, 7) is 5.59. The highest BCUT2D eigenvalue weighted by Gasteiger charge is 2.24. The molecule has 0 unspecified atom stereocenters. The molecule has 0 bridgehead atoms. The van der Waals surface area contributed by atoms with Crippen LogP contribution in [0.1, 0.15) is 20.8 Å². The monoisotopic (exact) mass is 462 g/mol. The summed E-state index contributed by atoms with van der Waals surface area (Å²) in [5.41, 5.74) is 1.73. The Hall–Kier alpha value is -3.59. The Bertz CT molecular complexity index is 1270. The minimum Gasteiger partial charge on any atom is -0.353 e. The minimum absolute atomic E-state index is 0.161. The van der Waals surface area contributed by atoms with Crippen molar-refractivity contribution in [2.75, 3.05) is 36.0 Å². The number of thiophene rings is 1. The van der Waals surface area contributed by atoms with Crippen LogP contribution in [0.5, 0.6) is 0 Å². The number of amides is 1. The molecule has 0 atom stereocenters. The molecule has 4 aromatic rings. The van der Waals surface area contributed by atoms with E-state index in [-0.39, 0.29) is 11.7 Å². The Kier molecular flexibility index (Phi) is 5.87. The molecule has 3 aromatic heterocycles. The maximum absolute atomic E-state index is 13.1. The molecule has 0 saturated carbocycles. The smallest absolute Gasteiger partial charge is 0.261 e. The fourth-order valence-electron chi connectivity index (χ4n) is 4.06. The van der Waals surface area contributed by atoms with Crippen LogP contribution in [-0.4, -0.2) is 47.0 Å². The van der Waals surface area contributed by atoms with Crippen molar-refractivity contribution in [1.29, 1.82) is 0 Å². The van der Waals surface area contributed by atoms with Crippen molar-refractivity contribution in [3.8, 4) is 0 Å². The van der Waals surface area contributed by atoms with E-state index in [0.717, 1.165) is 59.2 Å². The number of pyridine rings is 1. The van der Waals surface area contributed by atoms with Gasteiger partial charge in [-0.25, -0.2) is 19.3 Å². The number of nitrogens with one attached hydrogen (secondary N) is 1. The van der Waals surface area contributed by atoms with Crippen molar-refractivity contribution in [2.24, 2.45) is 0 Å². The highest BCUT2D eigenvalue weighted by molar-refractivity contribution is 7.20. The minimum atomic E-state index is -0.294. The van der Waals surface area contributed by atoms with Gasteiger partial charge in [0.15, 0.2) is 0 Å². The third-order valence-corrected chi connectivity index (χ3v) is 7.03. The normalized spacial score (nSPS) is 14.0. The third kappa shape index (κ3) is 4.36. The lowest BCUT2D eigenvalue weighted by atomic mass is 10.1. The van der Waals surface area contributed by atoms with Crippen LogP contribution in [0.4, 0.5) is 16.0 Å². The predicted octanol–water partition coefficient (Wildman–Crippen LogP) is 3.79. The predicted molar refractivity (Wildman–Crippen MR) is 128 cm³/mol. The first kappa shape index (κ1) is 21.3. The number of carbonyl (C=O) groups excluding carboxylic acids is 1. The molecule has 5 rings (SSSR count). The molecule has 1 fully saturated rings. The highest BCUT2D eigenvalue weighted by Crippen LogP contribution is 2.35. The van der Waals surface area contributed by atoms with Crippen molar-refractivity contribution < 1.29 is 9.18 Å². The highest BCUT2D eigenvalue weighted by atomic mass is 32.1. The Balaban J connectivity index is 1.34. The number of carbonyl (C=O) groups is 1. The van der Waals surface area contributed by atoms with E-state index in [9.17, 15) is 9.18 Å². The molecule has 1 aliphatic heterocycles. The number of halogens is 1. The molecule has 1 aliphatic rings. The zero-order valence-electron chi connectivity index (χ0n) is 18.2. The molecule has 168 valence electrons. The lowest BCUT2D eigenvalue weighted by molar-refractivity contribution is 0.0954. The Morgan fingerprint density at radius 3 is 2.52 bits per heavy atom. The van der Waals surface area contributed by atoms with E-state index in [0.29, 0.717) is 11.4 Å². The standard InChI is InChI=1S/C24H23FN6OS/c1-16-20-22(31-12-10-30(11-13-31)19-4-2-3-9-26-19)28-15-29-24(20)33-21(16)23(32)27-14-17-5-7-18(25)8-6-17/h2-9,15H,10-14H2,1H3,(H,27,32). The van der Waals surface area contributed by atoms with Gasteiger partial charge in [-0.3, -0.25) is 4.79 Å². The Labute approximate surface area is 194 Å².